The Labute approximate surface area is 96.4 Å². The average Bonchev–Trinajstić information content (AvgIpc) is 2.27. The maximum Gasteiger partial charge on any atom is 0.401 e. The summed E-state index contributed by atoms with van der Waals surface area (Å²) < 4.78 is 35.5. The molecule has 0 aliphatic heterocycles. The molecule has 0 spiro atoms. The lowest BCUT2D eigenvalue weighted by atomic mass is 10.3. The summed E-state index contributed by atoms with van der Waals surface area (Å²) in [6.07, 6.45) is -1.31. The minimum atomic E-state index is -4.31. The molecule has 1 aromatic rings. The molecular weight excluding hydrogens is 235 g/mol. The summed E-state index contributed by atoms with van der Waals surface area (Å²) in [7, 11) is 1.48. The number of carbonyl (C=O) groups is 1. The monoisotopic (exact) mass is 247 g/mol. The molecule has 1 aromatic heterocycles. The first-order chi connectivity index (χ1) is 7.90. The van der Waals surface area contributed by atoms with Crippen molar-refractivity contribution >= 4 is 11.6 Å². The fourth-order valence-corrected chi connectivity index (χ4v) is 1.13. The van der Waals surface area contributed by atoms with Crippen LogP contribution < -0.4 is 10.2 Å². The molecule has 1 heterocycles. The summed E-state index contributed by atoms with van der Waals surface area (Å²) in [5.41, 5.74) is 0.534. The molecule has 1 amide bonds. The normalized spacial score (nSPS) is 11.3. The van der Waals surface area contributed by atoms with Gasteiger partial charge in [-0.15, -0.1) is 0 Å². The van der Waals surface area contributed by atoms with Crippen LogP contribution in [0.2, 0.25) is 0 Å². The number of anilines is 1. The number of carbonyl (C=O) groups excluding carboxylic acids is 1. The lowest BCUT2D eigenvalue weighted by Gasteiger charge is -2.17. The fraction of sp³-hybridized carbons (Fsp3) is 0.400. The van der Waals surface area contributed by atoms with Gasteiger partial charge in [-0.25, -0.2) is 0 Å². The van der Waals surface area contributed by atoms with Crippen LogP contribution in [0.25, 0.3) is 0 Å². The number of aromatic nitrogens is 1. The first kappa shape index (κ1) is 13.4. The zero-order chi connectivity index (χ0) is 12.9. The van der Waals surface area contributed by atoms with Crippen LogP contribution in [0.1, 0.15) is 0 Å². The van der Waals surface area contributed by atoms with E-state index in [9.17, 15) is 18.0 Å². The number of rotatable bonds is 4. The van der Waals surface area contributed by atoms with Crippen molar-refractivity contribution in [2.75, 3.05) is 25.0 Å². The van der Waals surface area contributed by atoms with Gasteiger partial charge in [0.05, 0.1) is 25.0 Å². The van der Waals surface area contributed by atoms with E-state index >= 15 is 0 Å². The summed E-state index contributed by atoms with van der Waals surface area (Å²) in [5.74, 6) is -0.456. The molecule has 0 radical (unpaired) electrons. The number of hydrogen-bond acceptors (Lipinski definition) is 3. The van der Waals surface area contributed by atoms with Gasteiger partial charge in [0.25, 0.3) is 0 Å². The predicted molar refractivity (Wildman–Crippen MR) is 56.6 cm³/mol. The third-order valence-electron chi connectivity index (χ3n) is 2.01. The van der Waals surface area contributed by atoms with E-state index in [-0.39, 0.29) is 6.54 Å². The van der Waals surface area contributed by atoms with Crippen LogP contribution in [0.15, 0.2) is 24.5 Å². The molecule has 0 aliphatic carbocycles. The van der Waals surface area contributed by atoms with Crippen LogP contribution in [0, 0.1) is 0 Å². The summed E-state index contributed by atoms with van der Waals surface area (Å²) in [6, 6.07) is 3.29. The summed E-state index contributed by atoms with van der Waals surface area (Å²) in [5, 5.41) is 2.04. The zero-order valence-electron chi connectivity index (χ0n) is 9.16. The van der Waals surface area contributed by atoms with Crippen LogP contribution in [0.4, 0.5) is 18.9 Å². The van der Waals surface area contributed by atoms with E-state index in [1.54, 1.807) is 18.3 Å². The molecule has 17 heavy (non-hydrogen) atoms. The van der Waals surface area contributed by atoms with E-state index in [1.165, 1.54) is 18.1 Å². The molecule has 0 atom stereocenters. The molecule has 94 valence electrons. The van der Waals surface area contributed by atoms with Crippen molar-refractivity contribution in [1.82, 2.24) is 10.3 Å². The number of nitrogens with one attached hydrogen (secondary N) is 1. The Bertz CT molecular complexity index is 367. The Hall–Kier alpha value is -1.63. The zero-order valence-corrected chi connectivity index (χ0v) is 9.16. The van der Waals surface area contributed by atoms with Gasteiger partial charge < -0.3 is 10.2 Å². The molecule has 4 nitrogen and oxygen atoms in total. The smallest absolute Gasteiger partial charge is 0.313 e. The van der Waals surface area contributed by atoms with Gasteiger partial charge in [0, 0.05) is 13.2 Å². The molecule has 1 N–H and O–H groups in total. The highest BCUT2D eigenvalue weighted by molar-refractivity contribution is 5.94. The average molecular weight is 247 g/mol. The van der Waals surface area contributed by atoms with E-state index < -0.39 is 18.6 Å². The Morgan fingerprint density at radius 3 is 2.76 bits per heavy atom. The first-order valence-electron chi connectivity index (χ1n) is 4.84. The van der Waals surface area contributed by atoms with E-state index in [0.717, 1.165) is 0 Å². The van der Waals surface area contributed by atoms with Crippen LogP contribution in [0.3, 0.4) is 0 Å². The van der Waals surface area contributed by atoms with Crippen molar-refractivity contribution in [3.8, 4) is 0 Å². The van der Waals surface area contributed by atoms with Crippen molar-refractivity contribution < 1.29 is 18.0 Å². The number of amides is 1. The Morgan fingerprint density at radius 1 is 1.53 bits per heavy atom. The van der Waals surface area contributed by atoms with Crippen LogP contribution >= 0.6 is 0 Å². The number of halogens is 3. The molecule has 0 unspecified atom stereocenters. The lowest BCUT2D eigenvalue weighted by molar-refractivity contribution is -0.127. The van der Waals surface area contributed by atoms with Crippen molar-refractivity contribution in [2.24, 2.45) is 0 Å². The fourth-order valence-electron chi connectivity index (χ4n) is 1.13. The second-order valence-corrected chi connectivity index (χ2v) is 3.38. The van der Waals surface area contributed by atoms with Gasteiger partial charge in [-0.1, -0.05) is 0 Å². The second-order valence-electron chi connectivity index (χ2n) is 3.38. The minimum Gasteiger partial charge on any atom is -0.313 e. The van der Waals surface area contributed by atoms with Gasteiger partial charge in [-0.05, 0) is 12.1 Å². The maximum atomic E-state index is 11.8. The van der Waals surface area contributed by atoms with E-state index in [0.29, 0.717) is 5.69 Å². The van der Waals surface area contributed by atoms with Gasteiger partial charge in [-0.2, -0.15) is 13.2 Å². The standard InChI is InChI=1S/C10H12F3N3O/c1-16(8-3-2-4-14-5-8)9(17)6-15-7-10(11,12)13/h2-5,15H,6-7H2,1H3. The first-order valence-corrected chi connectivity index (χ1v) is 4.84. The van der Waals surface area contributed by atoms with E-state index in [2.05, 4.69) is 4.98 Å². The summed E-state index contributed by atoms with van der Waals surface area (Å²) in [6.45, 7) is -1.55. The van der Waals surface area contributed by atoms with Crippen molar-refractivity contribution in [1.29, 1.82) is 0 Å². The second kappa shape index (κ2) is 5.62. The SMILES string of the molecule is CN(C(=O)CNCC(F)(F)F)c1cccnc1. The summed E-state index contributed by atoms with van der Waals surface area (Å²) >= 11 is 0. The highest BCUT2D eigenvalue weighted by Gasteiger charge is 2.26. The van der Waals surface area contributed by atoms with E-state index in [4.69, 9.17) is 0 Å². The molecule has 0 saturated carbocycles. The van der Waals surface area contributed by atoms with Crippen molar-refractivity contribution in [3.05, 3.63) is 24.5 Å². The number of nitrogens with zero attached hydrogens (tertiary/aromatic N) is 2. The topological polar surface area (TPSA) is 45.2 Å². The Kier molecular flexibility index (Phi) is 4.45. The van der Waals surface area contributed by atoms with Gasteiger partial charge in [0.1, 0.15) is 0 Å². The molecule has 0 bridgehead atoms. The third-order valence-corrected chi connectivity index (χ3v) is 2.01. The molecule has 0 aliphatic rings. The summed E-state index contributed by atoms with van der Waals surface area (Å²) in [4.78, 5) is 16.6. The van der Waals surface area contributed by atoms with Gasteiger partial charge in [0.15, 0.2) is 0 Å². The highest BCUT2D eigenvalue weighted by Crippen LogP contribution is 2.12. The largest absolute Gasteiger partial charge is 0.401 e. The van der Waals surface area contributed by atoms with Crippen LogP contribution in [-0.2, 0) is 4.79 Å². The van der Waals surface area contributed by atoms with Gasteiger partial charge in [-0.3, -0.25) is 9.78 Å². The third kappa shape index (κ3) is 4.81. The molecule has 1 rings (SSSR count). The minimum absolute atomic E-state index is 0.370. The number of hydrogen-bond donors (Lipinski definition) is 1. The highest BCUT2D eigenvalue weighted by atomic mass is 19.4. The molecule has 0 saturated heterocycles. The number of likely N-dealkylation sites (N-methyl/N-ethyl adjacent to an activating group) is 1. The lowest BCUT2D eigenvalue weighted by Crippen LogP contribution is -2.39. The van der Waals surface area contributed by atoms with Gasteiger partial charge in [0.2, 0.25) is 5.91 Å². The van der Waals surface area contributed by atoms with Crippen molar-refractivity contribution in [2.45, 2.75) is 6.18 Å². The Morgan fingerprint density at radius 2 is 2.24 bits per heavy atom. The molecule has 0 aromatic carbocycles. The van der Waals surface area contributed by atoms with Crippen LogP contribution in [0.5, 0.6) is 0 Å². The quantitative estimate of drug-likeness (QED) is 0.869. The van der Waals surface area contributed by atoms with Crippen LogP contribution in [-0.4, -0.2) is 37.2 Å². The molecule has 0 fully saturated rings. The number of alkyl halides is 3. The molecular formula is C10H12F3N3O. The predicted octanol–water partition coefficient (Wildman–Crippen LogP) is 1.20. The molecule has 7 heteroatoms. The number of pyridine rings is 1. The van der Waals surface area contributed by atoms with Gasteiger partial charge >= 0.3 is 6.18 Å². The maximum absolute atomic E-state index is 11.8. The Balaban J connectivity index is 2.43. The van der Waals surface area contributed by atoms with Crippen molar-refractivity contribution in [3.63, 3.8) is 0 Å². The van der Waals surface area contributed by atoms with E-state index in [1.807, 2.05) is 5.32 Å².